The lowest BCUT2D eigenvalue weighted by Crippen LogP contribution is -2.16. The fourth-order valence-electron chi connectivity index (χ4n) is 3.09. The summed E-state index contributed by atoms with van der Waals surface area (Å²) in [4.78, 5) is 25.3. The maximum atomic E-state index is 12.6. The molecule has 1 amide bonds. The number of ether oxygens (including phenoxy) is 2. The Morgan fingerprint density at radius 3 is 2.53 bits per heavy atom. The fourth-order valence-corrected chi connectivity index (χ4v) is 4.63. The summed E-state index contributed by atoms with van der Waals surface area (Å²) in [6.45, 7) is 1.98. The Morgan fingerprint density at radius 2 is 1.82 bits per heavy atom. The highest BCUT2D eigenvalue weighted by Crippen LogP contribution is 2.36. The number of rotatable bonds is 9. The molecule has 0 saturated heterocycles. The molecular weight excluding hydrogens is 474 g/mol. The standard InChI is InChI=1S/C24H21N3O5S2/c1-3-31-23(29)20-18(15-7-5-4-6-8-15)13-33-22(20)25-19(28)14-34-24-27-26-21(32-24)16-9-11-17(30-2)12-10-16/h4-13H,3,14H2,1-2H3,(H,25,28). The number of aromatic nitrogens is 2. The predicted octanol–water partition coefficient (Wildman–Crippen LogP) is 5.38. The van der Waals surface area contributed by atoms with Gasteiger partial charge in [-0.1, -0.05) is 42.1 Å². The number of anilines is 1. The number of thiophene rings is 1. The first kappa shape index (κ1) is 23.5. The van der Waals surface area contributed by atoms with Crippen molar-refractivity contribution in [2.45, 2.75) is 12.1 Å². The Morgan fingerprint density at radius 1 is 1.06 bits per heavy atom. The molecule has 0 bridgehead atoms. The second-order valence-electron chi connectivity index (χ2n) is 6.88. The SMILES string of the molecule is CCOC(=O)c1c(-c2ccccc2)csc1NC(=O)CSc1nnc(-c2ccc(OC)cc2)o1. The van der Waals surface area contributed by atoms with Crippen molar-refractivity contribution in [2.75, 3.05) is 24.8 Å². The first-order valence-corrected chi connectivity index (χ1v) is 12.2. The van der Waals surface area contributed by atoms with Crippen LogP contribution in [0.15, 0.2) is 69.6 Å². The summed E-state index contributed by atoms with van der Waals surface area (Å²) in [5.74, 6) is 0.319. The van der Waals surface area contributed by atoms with Gasteiger partial charge in [0.2, 0.25) is 11.8 Å². The van der Waals surface area contributed by atoms with E-state index < -0.39 is 5.97 Å². The molecule has 174 valence electrons. The van der Waals surface area contributed by atoms with E-state index in [-0.39, 0.29) is 23.5 Å². The molecule has 4 rings (SSSR count). The van der Waals surface area contributed by atoms with Gasteiger partial charge in [0.1, 0.15) is 16.3 Å². The molecule has 2 aromatic heterocycles. The fraction of sp³-hybridized carbons (Fsp3) is 0.167. The van der Waals surface area contributed by atoms with Gasteiger partial charge in [-0.05, 0) is 36.8 Å². The van der Waals surface area contributed by atoms with Crippen LogP contribution in [0.2, 0.25) is 0 Å². The van der Waals surface area contributed by atoms with Gasteiger partial charge in [0.15, 0.2) is 0 Å². The number of thioether (sulfide) groups is 1. The van der Waals surface area contributed by atoms with E-state index in [1.807, 2.05) is 47.8 Å². The van der Waals surface area contributed by atoms with Crippen LogP contribution in [0.4, 0.5) is 5.00 Å². The van der Waals surface area contributed by atoms with Crippen LogP contribution in [-0.4, -0.2) is 41.5 Å². The topological polar surface area (TPSA) is 104 Å². The Balaban J connectivity index is 1.43. The molecule has 0 aliphatic carbocycles. The number of hydrogen-bond acceptors (Lipinski definition) is 9. The van der Waals surface area contributed by atoms with Crippen molar-refractivity contribution in [1.82, 2.24) is 10.2 Å². The quantitative estimate of drug-likeness (QED) is 0.244. The highest BCUT2D eigenvalue weighted by molar-refractivity contribution is 7.99. The van der Waals surface area contributed by atoms with Crippen molar-refractivity contribution in [3.63, 3.8) is 0 Å². The molecule has 8 nitrogen and oxygen atoms in total. The number of amides is 1. The summed E-state index contributed by atoms with van der Waals surface area (Å²) in [5.41, 5.74) is 2.67. The van der Waals surface area contributed by atoms with Crippen molar-refractivity contribution >= 4 is 40.0 Å². The van der Waals surface area contributed by atoms with Crippen LogP contribution in [-0.2, 0) is 9.53 Å². The predicted molar refractivity (Wildman–Crippen MR) is 131 cm³/mol. The molecule has 2 heterocycles. The van der Waals surface area contributed by atoms with Gasteiger partial charge in [-0.15, -0.1) is 21.5 Å². The Hall–Kier alpha value is -3.63. The Bertz CT molecular complexity index is 1270. The van der Waals surface area contributed by atoms with Gasteiger partial charge in [-0.25, -0.2) is 4.79 Å². The van der Waals surface area contributed by atoms with Crippen LogP contribution < -0.4 is 10.1 Å². The van der Waals surface area contributed by atoms with E-state index in [0.29, 0.717) is 22.0 Å². The molecule has 0 spiro atoms. The molecule has 0 unspecified atom stereocenters. The van der Waals surface area contributed by atoms with Gasteiger partial charge in [0, 0.05) is 16.5 Å². The number of carbonyl (C=O) groups excluding carboxylic acids is 2. The minimum absolute atomic E-state index is 0.0328. The van der Waals surface area contributed by atoms with Gasteiger partial charge >= 0.3 is 5.97 Å². The monoisotopic (exact) mass is 495 g/mol. The average Bonchev–Trinajstić information content (AvgIpc) is 3.51. The highest BCUT2D eigenvalue weighted by atomic mass is 32.2. The molecule has 0 atom stereocenters. The van der Waals surface area contributed by atoms with E-state index in [4.69, 9.17) is 13.9 Å². The molecule has 2 aromatic carbocycles. The van der Waals surface area contributed by atoms with E-state index in [1.54, 1.807) is 26.2 Å². The lowest BCUT2D eigenvalue weighted by atomic mass is 10.0. The van der Waals surface area contributed by atoms with Crippen molar-refractivity contribution in [3.05, 3.63) is 65.5 Å². The van der Waals surface area contributed by atoms with E-state index >= 15 is 0 Å². The van der Waals surface area contributed by atoms with Crippen molar-refractivity contribution in [1.29, 1.82) is 0 Å². The van der Waals surface area contributed by atoms with Gasteiger partial charge < -0.3 is 19.2 Å². The zero-order chi connectivity index (χ0) is 23.9. The Labute approximate surface area is 204 Å². The van der Waals surface area contributed by atoms with Crippen molar-refractivity contribution in [2.24, 2.45) is 0 Å². The summed E-state index contributed by atoms with van der Waals surface area (Å²) in [6.07, 6.45) is 0. The van der Waals surface area contributed by atoms with E-state index in [1.165, 1.54) is 11.3 Å². The third-order valence-electron chi connectivity index (χ3n) is 4.68. The number of methoxy groups -OCH3 is 1. The highest BCUT2D eigenvalue weighted by Gasteiger charge is 2.23. The number of nitrogens with one attached hydrogen (secondary N) is 1. The molecule has 0 aliphatic heterocycles. The second kappa shape index (κ2) is 11.0. The van der Waals surface area contributed by atoms with Crippen LogP contribution in [0, 0.1) is 0 Å². The molecular formula is C24H21N3O5S2. The summed E-state index contributed by atoms with van der Waals surface area (Å²) >= 11 is 2.39. The van der Waals surface area contributed by atoms with Crippen LogP contribution in [0.3, 0.4) is 0 Å². The molecule has 34 heavy (non-hydrogen) atoms. The lowest BCUT2D eigenvalue weighted by molar-refractivity contribution is -0.113. The van der Waals surface area contributed by atoms with Gasteiger partial charge in [-0.2, -0.15) is 0 Å². The summed E-state index contributed by atoms with van der Waals surface area (Å²) in [6, 6.07) is 16.7. The van der Waals surface area contributed by atoms with Crippen LogP contribution >= 0.6 is 23.1 Å². The number of benzene rings is 2. The van der Waals surface area contributed by atoms with E-state index in [9.17, 15) is 9.59 Å². The summed E-state index contributed by atoms with van der Waals surface area (Å²) in [5, 5.41) is 13.4. The van der Waals surface area contributed by atoms with E-state index in [2.05, 4.69) is 15.5 Å². The molecule has 10 heteroatoms. The smallest absolute Gasteiger partial charge is 0.341 e. The minimum Gasteiger partial charge on any atom is -0.497 e. The third-order valence-corrected chi connectivity index (χ3v) is 6.39. The van der Waals surface area contributed by atoms with Gasteiger partial charge in [0.25, 0.3) is 5.22 Å². The first-order valence-electron chi connectivity index (χ1n) is 10.3. The minimum atomic E-state index is -0.480. The largest absolute Gasteiger partial charge is 0.497 e. The number of hydrogen-bond donors (Lipinski definition) is 1. The summed E-state index contributed by atoms with van der Waals surface area (Å²) < 4.78 is 16.0. The number of nitrogens with zero attached hydrogens (tertiary/aromatic N) is 2. The van der Waals surface area contributed by atoms with Gasteiger partial charge in [0.05, 0.1) is 19.5 Å². The van der Waals surface area contributed by atoms with Crippen LogP contribution in [0.5, 0.6) is 5.75 Å². The zero-order valence-corrected chi connectivity index (χ0v) is 20.1. The first-order chi connectivity index (χ1) is 16.6. The van der Waals surface area contributed by atoms with Crippen LogP contribution in [0.25, 0.3) is 22.6 Å². The Kier molecular flexibility index (Phi) is 7.61. The maximum Gasteiger partial charge on any atom is 0.341 e. The molecule has 1 N–H and O–H groups in total. The van der Waals surface area contributed by atoms with Crippen molar-refractivity contribution < 1.29 is 23.5 Å². The normalized spacial score (nSPS) is 10.6. The molecule has 0 radical (unpaired) electrons. The molecule has 0 fully saturated rings. The van der Waals surface area contributed by atoms with Gasteiger partial charge in [-0.3, -0.25) is 4.79 Å². The second-order valence-corrected chi connectivity index (χ2v) is 8.68. The number of carbonyl (C=O) groups is 2. The van der Waals surface area contributed by atoms with E-state index in [0.717, 1.165) is 28.6 Å². The molecule has 0 aliphatic rings. The average molecular weight is 496 g/mol. The maximum absolute atomic E-state index is 12.6. The third kappa shape index (κ3) is 5.46. The molecule has 0 saturated carbocycles. The summed E-state index contributed by atoms with van der Waals surface area (Å²) in [7, 11) is 1.59. The number of esters is 1. The molecule has 4 aromatic rings. The zero-order valence-electron chi connectivity index (χ0n) is 18.4. The van der Waals surface area contributed by atoms with Crippen LogP contribution in [0.1, 0.15) is 17.3 Å². The van der Waals surface area contributed by atoms with Crippen molar-refractivity contribution in [3.8, 4) is 28.3 Å². The lowest BCUT2D eigenvalue weighted by Gasteiger charge is -2.08.